The molecule has 23 heavy (non-hydrogen) atoms. The Morgan fingerprint density at radius 1 is 1.30 bits per heavy atom. The Morgan fingerprint density at radius 2 is 2.17 bits per heavy atom. The number of halogens is 1. The van der Waals surface area contributed by atoms with Gasteiger partial charge in [-0.05, 0) is 32.6 Å². The molecule has 1 heterocycles. The Kier molecular flexibility index (Phi) is 11.2. The lowest BCUT2D eigenvalue weighted by Gasteiger charge is -2.15. The molecule has 0 spiro atoms. The van der Waals surface area contributed by atoms with Gasteiger partial charge in [0.2, 0.25) is 0 Å². The second-order valence-corrected chi connectivity index (χ2v) is 6.11. The summed E-state index contributed by atoms with van der Waals surface area (Å²) in [5, 5.41) is 16.4. The van der Waals surface area contributed by atoms with Gasteiger partial charge in [-0.25, -0.2) is 0 Å². The third kappa shape index (κ3) is 8.00. The van der Waals surface area contributed by atoms with Gasteiger partial charge in [-0.2, -0.15) is 0 Å². The molecule has 1 saturated carbocycles. The zero-order valence-electron chi connectivity index (χ0n) is 14.1. The number of hydrogen-bond donors (Lipinski definition) is 3. The summed E-state index contributed by atoms with van der Waals surface area (Å²) in [5.74, 6) is 1.16. The van der Waals surface area contributed by atoms with Gasteiger partial charge in [-0.15, -0.1) is 24.0 Å². The van der Waals surface area contributed by atoms with Crippen molar-refractivity contribution >= 4 is 29.9 Å². The number of guanidine groups is 1. The summed E-state index contributed by atoms with van der Waals surface area (Å²) in [6.07, 6.45) is 5.20. The van der Waals surface area contributed by atoms with Crippen LogP contribution in [0.4, 0.5) is 0 Å². The van der Waals surface area contributed by atoms with E-state index >= 15 is 0 Å². The monoisotopic (exact) mass is 441 g/mol. The van der Waals surface area contributed by atoms with Crippen LogP contribution in [0.3, 0.4) is 0 Å². The van der Waals surface area contributed by atoms with Gasteiger partial charge in [-0.3, -0.25) is 4.99 Å². The van der Waals surface area contributed by atoms with Gasteiger partial charge in [0.05, 0.1) is 18.8 Å². The Labute approximate surface area is 156 Å². The van der Waals surface area contributed by atoms with E-state index in [2.05, 4.69) is 22.5 Å². The van der Waals surface area contributed by atoms with E-state index in [-0.39, 0.29) is 36.2 Å². The summed E-state index contributed by atoms with van der Waals surface area (Å²) < 4.78 is 11.0. The molecule has 1 aliphatic carbocycles. The first-order chi connectivity index (χ1) is 10.8. The summed E-state index contributed by atoms with van der Waals surface area (Å²) in [4.78, 5) is 4.59. The molecule has 1 saturated heterocycles. The lowest BCUT2D eigenvalue weighted by molar-refractivity contribution is 0.0420. The maximum atomic E-state index is 9.84. The van der Waals surface area contributed by atoms with Crippen molar-refractivity contribution in [3.63, 3.8) is 0 Å². The molecule has 0 aromatic rings. The molecule has 0 amide bonds. The quantitative estimate of drug-likeness (QED) is 0.231. The van der Waals surface area contributed by atoms with Crippen LogP contribution in [0.15, 0.2) is 4.99 Å². The van der Waals surface area contributed by atoms with E-state index < -0.39 is 0 Å². The Morgan fingerprint density at radius 3 is 2.83 bits per heavy atom. The number of aliphatic hydroxyl groups excluding tert-OH is 1. The zero-order valence-corrected chi connectivity index (χ0v) is 16.5. The van der Waals surface area contributed by atoms with Crippen LogP contribution >= 0.6 is 24.0 Å². The SMILES string of the molecule is CCNC(=NCC1CCCC1O)NCCCOC1CCOC1.I. The fraction of sp³-hybridized carbons (Fsp3) is 0.938. The summed E-state index contributed by atoms with van der Waals surface area (Å²) in [7, 11) is 0. The molecule has 3 atom stereocenters. The maximum Gasteiger partial charge on any atom is 0.191 e. The van der Waals surface area contributed by atoms with Crippen molar-refractivity contribution in [1.82, 2.24) is 10.6 Å². The Balaban J connectivity index is 0.00000264. The van der Waals surface area contributed by atoms with Crippen LogP contribution in [-0.2, 0) is 9.47 Å². The largest absolute Gasteiger partial charge is 0.393 e. The summed E-state index contributed by atoms with van der Waals surface area (Å²) >= 11 is 0. The van der Waals surface area contributed by atoms with Gasteiger partial charge in [0.25, 0.3) is 0 Å². The maximum absolute atomic E-state index is 9.84. The first-order valence-corrected chi connectivity index (χ1v) is 8.69. The molecular formula is C16H32IN3O3. The second kappa shape index (κ2) is 12.3. The summed E-state index contributed by atoms with van der Waals surface area (Å²) in [6, 6.07) is 0. The minimum atomic E-state index is -0.173. The van der Waals surface area contributed by atoms with Crippen LogP contribution in [0.25, 0.3) is 0 Å². The average molecular weight is 441 g/mol. The molecule has 1 aliphatic heterocycles. The highest BCUT2D eigenvalue weighted by Gasteiger charge is 2.24. The van der Waals surface area contributed by atoms with Gasteiger partial charge >= 0.3 is 0 Å². The average Bonchev–Trinajstić information content (AvgIpc) is 3.16. The van der Waals surface area contributed by atoms with Crippen molar-refractivity contribution in [3.8, 4) is 0 Å². The van der Waals surface area contributed by atoms with E-state index in [9.17, 15) is 5.11 Å². The lowest BCUT2D eigenvalue weighted by atomic mass is 10.1. The molecule has 0 aromatic heterocycles. The fourth-order valence-corrected chi connectivity index (χ4v) is 2.95. The highest BCUT2D eigenvalue weighted by atomic mass is 127. The van der Waals surface area contributed by atoms with Gasteiger partial charge < -0.3 is 25.2 Å². The third-order valence-corrected chi connectivity index (χ3v) is 4.30. The van der Waals surface area contributed by atoms with Crippen LogP contribution < -0.4 is 10.6 Å². The van der Waals surface area contributed by atoms with Gasteiger partial charge in [0.15, 0.2) is 5.96 Å². The standard InChI is InChI=1S/C16H31N3O3.HI/c1-2-17-16(19-11-13-5-3-6-15(13)20)18-8-4-9-22-14-7-10-21-12-14;/h13-15,20H,2-12H2,1H3,(H2,17,18,19);1H. The summed E-state index contributed by atoms with van der Waals surface area (Å²) in [5.41, 5.74) is 0. The van der Waals surface area contributed by atoms with E-state index in [1.165, 1.54) is 0 Å². The number of aliphatic hydroxyl groups is 1. The van der Waals surface area contributed by atoms with Crippen molar-refractivity contribution in [2.45, 2.75) is 51.2 Å². The predicted molar refractivity (Wildman–Crippen MR) is 103 cm³/mol. The molecule has 3 unspecified atom stereocenters. The number of ether oxygens (including phenoxy) is 2. The van der Waals surface area contributed by atoms with Crippen molar-refractivity contribution in [1.29, 1.82) is 0 Å². The molecule has 2 fully saturated rings. The molecule has 0 aromatic carbocycles. The summed E-state index contributed by atoms with van der Waals surface area (Å²) in [6.45, 7) is 6.76. The van der Waals surface area contributed by atoms with Gasteiger partial charge in [-0.1, -0.05) is 6.42 Å². The molecule has 136 valence electrons. The normalized spacial score (nSPS) is 27.7. The van der Waals surface area contributed by atoms with Gasteiger partial charge in [0, 0.05) is 38.8 Å². The van der Waals surface area contributed by atoms with E-state index in [1.807, 2.05) is 0 Å². The third-order valence-electron chi connectivity index (χ3n) is 4.30. The fourth-order valence-electron chi connectivity index (χ4n) is 2.95. The number of nitrogens with one attached hydrogen (secondary N) is 2. The second-order valence-electron chi connectivity index (χ2n) is 6.11. The van der Waals surface area contributed by atoms with Crippen LogP contribution in [0.5, 0.6) is 0 Å². The highest BCUT2D eigenvalue weighted by Crippen LogP contribution is 2.25. The molecule has 2 aliphatic rings. The number of hydrogen-bond acceptors (Lipinski definition) is 4. The molecule has 0 bridgehead atoms. The Hall–Kier alpha value is -0.120. The van der Waals surface area contributed by atoms with Crippen molar-refractivity contribution in [3.05, 3.63) is 0 Å². The van der Waals surface area contributed by atoms with E-state index in [0.29, 0.717) is 12.5 Å². The molecule has 0 radical (unpaired) electrons. The minimum absolute atomic E-state index is 0. The van der Waals surface area contributed by atoms with Crippen LogP contribution in [0.1, 0.15) is 39.0 Å². The van der Waals surface area contributed by atoms with E-state index in [4.69, 9.17) is 9.47 Å². The molecule has 6 nitrogen and oxygen atoms in total. The first-order valence-electron chi connectivity index (χ1n) is 8.69. The van der Waals surface area contributed by atoms with Crippen LogP contribution in [-0.4, -0.2) is 62.7 Å². The lowest BCUT2D eigenvalue weighted by Crippen LogP contribution is -2.38. The van der Waals surface area contributed by atoms with Crippen molar-refractivity contribution in [2.75, 3.05) is 39.5 Å². The van der Waals surface area contributed by atoms with Gasteiger partial charge in [0.1, 0.15) is 0 Å². The van der Waals surface area contributed by atoms with Crippen LogP contribution in [0.2, 0.25) is 0 Å². The number of aliphatic imine (C=N–C) groups is 1. The highest BCUT2D eigenvalue weighted by molar-refractivity contribution is 14.0. The van der Waals surface area contributed by atoms with E-state index in [0.717, 1.165) is 71.0 Å². The number of rotatable bonds is 8. The molecule has 3 N–H and O–H groups in total. The Bertz CT molecular complexity index is 339. The minimum Gasteiger partial charge on any atom is -0.393 e. The topological polar surface area (TPSA) is 75.1 Å². The smallest absolute Gasteiger partial charge is 0.191 e. The van der Waals surface area contributed by atoms with Crippen molar-refractivity contribution < 1.29 is 14.6 Å². The van der Waals surface area contributed by atoms with Crippen molar-refractivity contribution in [2.24, 2.45) is 10.9 Å². The molecule has 2 rings (SSSR count). The zero-order chi connectivity index (χ0) is 15.6. The predicted octanol–water partition coefficient (Wildman–Crippen LogP) is 1.52. The van der Waals surface area contributed by atoms with Crippen LogP contribution in [0, 0.1) is 5.92 Å². The first kappa shape index (κ1) is 20.9. The molecule has 7 heteroatoms. The van der Waals surface area contributed by atoms with E-state index in [1.54, 1.807) is 0 Å². The number of nitrogens with zero attached hydrogens (tertiary/aromatic N) is 1. The molecular weight excluding hydrogens is 409 g/mol.